The van der Waals surface area contributed by atoms with Gasteiger partial charge < -0.3 is 20.5 Å². The zero-order chi connectivity index (χ0) is 20.7. The molecular formula is C20H26ClN7OS. The maximum atomic E-state index is 12.6. The van der Waals surface area contributed by atoms with Gasteiger partial charge in [0.25, 0.3) is 0 Å². The van der Waals surface area contributed by atoms with E-state index in [2.05, 4.69) is 20.2 Å². The maximum Gasteiger partial charge on any atom is 0.227 e. The first-order chi connectivity index (χ1) is 14.6. The van der Waals surface area contributed by atoms with Crippen LogP contribution in [0.2, 0.25) is 5.02 Å². The Morgan fingerprint density at radius 3 is 2.60 bits per heavy atom. The van der Waals surface area contributed by atoms with Gasteiger partial charge in [0.15, 0.2) is 5.82 Å². The van der Waals surface area contributed by atoms with Crippen molar-refractivity contribution in [3.05, 3.63) is 28.9 Å². The molecule has 160 valence electrons. The van der Waals surface area contributed by atoms with Gasteiger partial charge in [-0.15, -0.1) is 0 Å². The average molecular weight is 448 g/mol. The topological polar surface area (TPSA) is 116 Å². The van der Waals surface area contributed by atoms with Crippen molar-refractivity contribution in [3.8, 4) is 0 Å². The smallest absolute Gasteiger partial charge is 0.227 e. The van der Waals surface area contributed by atoms with Crippen LogP contribution in [0, 0.1) is 0 Å². The number of piperidine rings is 1. The first-order valence-corrected chi connectivity index (χ1v) is 12.3. The van der Waals surface area contributed by atoms with E-state index in [0.717, 1.165) is 79.8 Å². The lowest BCUT2D eigenvalue weighted by atomic mass is 9.77. The molecule has 2 aromatic heterocycles. The Hall–Kier alpha value is -1.68. The molecule has 2 fully saturated rings. The highest BCUT2D eigenvalue weighted by atomic mass is 35.5. The Labute approximate surface area is 184 Å². The van der Waals surface area contributed by atoms with E-state index in [1.807, 2.05) is 0 Å². The second-order valence-electron chi connectivity index (χ2n) is 8.43. The van der Waals surface area contributed by atoms with Crippen LogP contribution >= 0.6 is 11.6 Å². The summed E-state index contributed by atoms with van der Waals surface area (Å²) in [6.07, 6.45) is 9.13. The molecule has 0 amide bonds. The first kappa shape index (κ1) is 20.2. The van der Waals surface area contributed by atoms with Crippen molar-refractivity contribution in [1.29, 1.82) is 0 Å². The Morgan fingerprint density at radius 2 is 1.97 bits per heavy atom. The number of nitrogens with two attached hydrogens (primary N) is 1. The van der Waals surface area contributed by atoms with E-state index >= 15 is 0 Å². The first-order valence-electron chi connectivity index (χ1n) is 10.6. The molecule has 0 bridgehead atoms. The van der Waals surface area contributed by atoms with E-state index in [9.17, 15) is 4.55 Å². The largest absolute Gasteiger partial charge is 0.611 e. The van der Waals surface area contributed by atoms with E-state index in [1.54, 1.807) is 12.4 Å². The lowest BCUT2D eigenvalue weighted by molar-refractivity contribution is 0.286. The molecule has 0 unspecified atom stereocenters. The van der Waals surface area contributed by atoms with Gasteiger partial charge in [0.2, 0.25) is 10.8 Å². The van der Waals surface area contributed by atoms with Crippen LogP contribution in [0.5, 0.6) is 0 Å². The third-order valence-corrected chi connectivity index (χ3v) is 8.20. The molecule has 30 heavy (non-hydrogen) atoms. The van der Waals surface area contributed by atoms with E-state index in [-0.39, 0.29) is 5.54 Å². The highest BCUT2D eigenvalue weighted by Crippen LogP contribution is 2.39. The summed E-state index contributed by atoms with van der Waals surface area (Å²) in [6, 6.07) is 0. The van der Waals surface area contributed by atoms with Gasteiger partial charge in [-0.2, -0.15) is 4.98 Å². The van der Waals surface area contributed by atoms with E-state index < -0.39 is 11.2 Å². The van der Waals surface area contributed by atoms with Crippen LogP contribution in [-0.2, 0) is 17.6 Å². The Balaban J connectivity index is 1.36. The number of aromatic nitrogens is 4. The Kier molecular flexibility index (Phi) is 5.47. The molecule has 4 heterocycles. The number of fused-ring (bicyclic) bond motifs is 1. The van der Waals surface area contributed by atoms with E-state index in [4.69, 9.17) is 27.3 Å². The standard InChI is InChI=1S/C20H26ClN7OS/c21-14-10-23-17(24-11-14)13-2-7-28(8-3-13)19-25-15-4-9-30(29)16(15)18(26-19)27-20(12-22)5-1-6-20/h10-11,13H,1-9,12,22H2,(H,25,26,27)/t30-/m1/s1. The summed E-state index contributed by atoms with van der Waals surface area (Å²) >= 11 is 4.87. The summed E-state index contributed by atoms with van der Waals surface area (Å²) in [5.74, 6) is 3.22. The molecule has 1 aliphatic carbocycles. The number of hydrogen-bond donors (Lipinski definition) is 2. The zero-order valence-electron chi connectivity index (χ0n) is 16.8. The molecule has 10 heteroatoms. The minimum absolute atomic E-state index is 0.120. The maximum absolute atomic E-state index is 12.6. The fourth-order valence-corrected chi connectivity index (χ4v) is 5.92. The van der Waals surface area contributed by atoms with Crippen molar-refractivity contribution in [2.24, 2.45) is 5.73 Å². The molecule has 1 saturated carbocycles. The number of rotatable bonds is 5. The normalized spacial score (nSPS) is 23.2. The highest BCUT2D eigenvalue weighted by molar-refractivity contribution is 7.91. The summed E-state index contributed by atoms with van der Waals surface area (Å²) in [7, 11) is 0. The minimum Gasteiger partial charge on any atom is -0.611 e. The predicted molar refractivity (Wildman–Crippen MR) is 118 cm³/mol. The zero-order valence-corrected chi connectivity index (χ0v) is 18.4. The molecule has 1 atom stereocenters. The summed E-state index contributed by atoms with van der Waals surface area (Å²) in [4.78, 5) is 21.4. The molecule has 2 aromatic rings. The third-order valence-electron chi connectivity index (χ3n) is 6.54. The van der Waals surface area contributed by atoms with E-state index in [0.29, 0.717) is 23.2 Å². The van der Waals surface area contributed by atoms with Crippen molar-refractivity contribution >= 4 is 34.5 Å². The molecule has 3 N–H and O–H groups in total. The Bertz CT molecular complexity index is 911. The van der Waals surface area contributed by atoms with Crippen LogP contribution in [0.15, 0.2) is 17.3 Å². The van der Waals surface area contributed by atoms with Crippen LogP contribution in [0.4, 0.5) is 11.8 Å². The molecule has 5 rings (SSSR count). The molecule has 1 saturated heterocycles. The number of nitrogens with one attached hydrogen (secondary N) is 1. The Morgan fingerprint density at radius 1 is 1.23 bits per heavy atom. The molecule has 0 radical (unpaired) electrons. The lowest BCUT2D eigenvalue weighted by Crippen LogP contribution is -2.51. The van der Waals surface area contributed by atoms with Crippen LogP contribution < -0.4 is 16.0 Å². The molecule has 0 aromatic carbocycles. The van der Waals surface area contributed by atoms with Gasteiger partial charge in [-0.05, 0) is 43.3 Å². The summed E-state index contributed by atoms with van der Waals surface area (Å²) < 4.78 is 12.6. The van der Waals surface area contributed by atoms with Gasteiger partial charge in [0, 0.05) is 44.4 Å². The average Bonchev–Trinajstić information content (AvgIpc) is 3.12. The highest BCUT2D eigenvalue weighted by Gasteiger charge is 2.40. The quantitative estimate of drug-likeness (QED) is 0.670. The molecule has 0 spiro atoms. The van der Waals surface area contributed by atoms with Crippen LogP contribution in [0.3, 0.4) is 0 Å². The van der Waals surface area contributed by atoms with Crippen molar-refractivity contribution in [1.82, 2.24) is 19.9 Å². The number of anilines is 2. The molecular weight excluding hydrogens is 422 g/mol. The number of halogens is 1. The van der Waals surface area contributed by atoms with Gasteiger partial charge in [-0.3, -0.25) is 0 Å². The minimum atomic E-state index is -1.04. The monoisotopic (exact) mass is 447 g/mol. The summed E-state index contributed by atoms with van der Waals surface area (Å²) in [5, 5.41) is 4.12. The van der Waals surface area contributed by atoms with E-state index in [1.165, 1.54) is 0 Å². The molecule has 2 aliphatic heterocycles. The third kappa shape index (κ3) is 3.72. The number of nitrogens with zero attached hydrogens (tertiary/aromatic N) is 5. The SMILES string of the molecule is NCC1(Nc2nc(N3CCC(c4ncc(Cl)cn4)CC3)nc3c2[S@+]([O-])CC3)CCC1. The fourth-order valence-electron chi connectivity index (χ4n) is 4.52. The second kappa shape index (κ2) is 8.11. The van der Waals surface area contributed by atoms with Crippen molar-refractivity contribution < 1.29 is 4.55 Å². The van der Waals surface area contributed by atoms with Crippen LogP contribution in [-0.4, -0.2) is 55.4 Å². The van der Waals surface area contributed by atoms with Gasteiger partial charge in [-0.1, -0.05) is 11.6 Å². The molecule has 8 nitrogen and oxygen atoms in total. The number of aryl methyl sites for hydroxylation is 1. The van der Waals surface area contributed by atoms with Crippen molar-refractivity contribution in [3.63, 3.8) is 0 Å². The predicted octanol–water partition coefficient (Wildman–Crippen LogP) is 2.26. The van der Waals surface area contributed by atoms with Gasteiger partial charge in [0.1, 0.15) is 17.3 Å². The van der Waals surface area contributed by atoms with Crippen molar-refractivity contribution in [2.45, 2.75) is 54.9 Å². The van der Waals surface area contributed by atoms with Gasteiger partial charge in [0.05, 0.1) is 10.6 Å². The summed E-state index contributed by atoms with van der Waals surface area (Å²) in [5.41, 5.74) is 6.84. The van der Waals surface area contributed by atoms with Gasteiger partial charge in [-0.25, -0.2) is 15.0 Å². The fraction of sp³-hybridized carbons (Fsp3) is 0.600. The molecule has 3 aliphatic rings. The lowest BCUT2D eigenvalue weighted by Gasteiger charge is -2.42. The number of hydrogen-bond acceptors (Lipinski definition) is 8. The second-order valence-corrected chi connectivity index (χ2v) is 10.4. The van der Waals surface area contributed by atoms with Crippen molar-refractivity contribution in [2.75, 3.05) is 35.6 Å². The van der Waals surface area contributed by atoms with Crippen LogP contribution in [0.25, 0.3) is 0 Å². The summed E-state index contributed by atoms with van der Waals surface area (Å²) in [6.45, 7) is 2.22. The van der Waals surface area contributed by atoms with Crippen LogP contribution in [0.1, 0.15) is 49.5 Å². The van der Waals surface area contributed by atoms with Gasteiger partial charge >= 0.3 is 0 Å².